The maximum absolute atomic E-state index is 13.3. The lowest BCUT2D eigenvalue weighted by atomic mass is 9.99. The van der Waals surface area contributed by atoms with Gasteiger partial charge in [-0.3, -0.25) is 9.59 Å². The molecule has 0 aliphatic carbocycles. The van der Waals surface area contributed by atoms with E-state index < -0.39 is 23.2 Å². The summed E-state index contributed by atoms with van der Waals surface area (Å²) in [6, 6.07) is 16.7. The molecule has 7 nitrogen and oxygen atoms in total. The number of nitrogens with zero attached hydrogens (tertiary/aromatic N) is 2. The minimum atomic E-state index is -4.58. The van der Waals surface area contributed by atoms with Crippen molar-refractivity contribution in [3.8, 4) is 22.5 Å². The van der Waals surface area contributed by atoms with E-state index in [1.165, 1.54) is 30.5 Å². The molecule has 0 bridgehead atoms. The first-order valence-electron chi connectivity index (χ1n) is 10.1. The van der Waals surface area contributed by atoms with Gasteiger partial charge in [-0.05, 0) is 35.4 Å². The zero-order valence-corrected chi connectivity index (χ0v) is 17.6. The molecule has 10 heteroatoms. The number of rotatable bonds is 6. The van der Waals surface area contributed by atoms with Gasteiger partial charge in [0.2, 0.25) is 5.95 Å². The minimum absolute atomic E-state index is 0.0637. The third kappa shape index (κ3) is 4.96. The van der Waals surface area contributed by atoms with Gasteiger partial charge in [-0.25, -0.2) is 9.97 Å². The van der Waals surface area contributed by atoms with Gasteiger partial charge in [-0.1, -0.05) is 42.5 Å². The Balaban J connectivity index is 1.80. The summed E-state index contributed by atoms with van der Waals surface area (Å²) in [6.07, 6.45) is -3.12. The van der Waals surface area contributed by atoms with Crippen LogP contribution in [0.3, 0.4) is 0 Å². The molecule has 4 aromatic rings. The monoisotopic (exact) mass is 465 g/mol. The lowest BCUT2D eigenvalue weighted by Crippen LogP contribution is -2.24. The lowest BCUT2D eigenvalue weighted by molar-refractivity contribution is -0.137. The van der Waals surface area contributed by atoms with Gasteiger partial charge in [0.25, 0.3) is 11.5 Å². The van der Waals surface area contributed by atoms with E-state index in [0.717, 1.165) is 17.7 Å². The molecule has 0 aliphatic heterocycles. The molecule has 1 amide bonds. The number of benzene rings is 2. The number of nitrogens with two attached hydrogens (primary N) is 1. The van der Waals surface area contributed by atoms with Gasteiger partial charge in [0, 0.05) is 18.3 Å². The molecule has 4 rings (SSSR count). The van der Waals surface area contributed by atoms with E-state index in [1.54, 1.807) is 0 Å². The zero-order chi connectivity index (χ0) is 24.3. The third-order valence-electron chi connectivity index (χ3n) is 5.01. The van der Waals surface area contributed by atoms with Crippen molar-refractivity contribution in [3.05, 3.63) is 100.0 Å². The number of H-pyrrole nitrogens is 1. The lowest BCUT2D eigenvalue weighted by Gasteiger charge is -2.14. The number of hydrogen-bond donors (Lipinski definition) is 3. The van der Waals surface area contributed by atoms with Crippen molar-refractivity contribution in [2.45, 2.75) is 12.7 Å². The summed E-state index contributed by atoms with van der Waals surface area (Å²) in [7, 11) is 0. The Morgan fingerprint density at radius 2 is 1.79 bits per heavy atom. The molecule has 172 valence electrons. The van der Waals surface area contributed by atoms with Crippen molar-refractivity contribution in [1.29, 1.82) is 0 Å². The fourth-order valence-electron chi connectivity index (χ4n) is 3.36. The van der Waals surface area contributed by atoms with E-state index in [0.29, 0.717) is 6.54 Å². The summed E-state index contributed by atoms with van der Waals surface area (Å²) in [5.74, 6) is -0.724. The third-order valence-corrected chi connectivity index (χ3v) is 5.01. The topological polar surface area (TPSA) is 114 Å². The molecule has 2 aromatic carbocycles. The standard InChI is InChI=1S/C24H18F3N5O2/c25-24(26,27)16-8-4-7-15(11-16)20-17(12-18(21(28)33)22(34)32-20)19-9-10-29-23(31-19)30-13-14-5-2-1-3-6-14/h1-12H,13H2,(H2,28,33)(H,32,34)(H,29,30,31). The highest BCUT2D eigenvalue weighted by atomic mass is 19.4. The first kappa shape index (κ1) is 22.7. The summed E-state index contributed by atoms with van der Waals surface area (Å²) >= 11 is 0. The normalized spacial score (nSPS) is 11.3. The van der Waals surface area contributed by atoms with E-state index in [2.05, 4.69) is 20.3 Å². The predicted octanol–water partition coefficient (Wildman–Crippen LogP) is 4.23. The Hall–Kier alpha value is -4.47. The molecule has 0 aliphatic rings. The molecule has 0 atom stereocenters. The Morgan fingerprint density at radius 3 is 2.50 bits per heavy atom. The highest BCUT2D eigenvalue weighted by Gasteiger charge is 2.31. The van der Waals surface area contributed by atoms with Crippen LogP contribution in [0.4, 0.5) is 19.1 Å². The number of hydrogen-bond acceptors (Lipinski definition) is 5. The van der Waals surface area contributed by atoms with Crippen LogP contribution in [0.15, 0.2) is 77.7 Å². The second-order valence-electron chi connectivity index (χ2n) is 7.35. The summed E-state index contributed by atoms with van der Waals surface area (Å²) in [4.78, 5) is 35.3. The maximum atomic E-state index is 13.3. The van der Waals surface area contributed by atoms with Crippen molar-refractivity contribution in [1.82, 2.24) is 15.0 Å². The van der Waals surface area contributed by atoms with E-state index in [9.17, 15) is 22.8 Å². The van der Waals surface area contributed by atoms with Crippen LogP contribution in [0, 0.1) is 0 Å². The van der Waals surface area contributed by atoms with Crippen LogP contribution in [-0.2, 0) is 12.7 Å². The SMILES string of the molecule is NC(=O)c1cc(-c2ccnc(NCc3ccccc3)n2)c(-c2cccc(C(F)(F)F)c2)[nH]c1=O. The van der Waals surface area contributed by atoms with Crippen molar-refractivity contribution in [2.75, 3.05) is 5.32 Å². The maximum Gasteiger partial charge on any atom is 0.416 e. The molecule has 4 N–H and O–H groups in total. The number of carbonyl (C=O) groups excluding carboxylic acids is 1. The number of anilines is 1. The molecule has 2 aromatic heterocycles. The number of nitrogens with one attached hydrogen (secondary N) is 2. The quantitative estimate of drug-likeness (QED) is 0.394. The molecule has 0 fully saturated rings. The van der Waals surface area contributed by atoms with Crippen molar-refractivity contribution in [3.63, 3.8) is 0 Å². The van der Waals surface area contributed by atoms with Crippen molar-refractivity contribution in [2.24, 2.45) is 5.73 Å². The minimum Gasteiger partial charge on any atom is -0.365 e. The molecular weight excluding hydrogens is 447 g/mol. The Kier molecular flexibility index (Phi) is 6.13. The highest BCUT2D eigenvalue weighted by Crippen LogP contribution is 2.34. The van der Waals surface area contributed by atoms with Gasteiger partial charge in [0.1, 0.15) is 5.56 Å². The van der Waals surface area contributed by atoms with E-state index in [-0.39, 0.29) is 34.0 Å². The Morgan fingerprint density at radius 1 is 1.03 bits per heavy atom. The molecule has 34 heavy (non-hydrogen) atoms. The van der Waals surface area contributed by atoms with Gasteiger partial charge < -0.3 is 16.0 Å². The number of pyridine rings is 1. The second kappa shape index (κ2) is 9.18. The van der Waals surface area contributed by atoms with Crippen LogP contribution in [0.2, 0.25) is 0 Å². The number of carbonyl (C=O) groups is 1. The van der Waals surface area contributed by atoms with E-state index >= 15 is 0 Å². The molecule has 0 unspecified atom stereocenters. The van der Waals surface area contributed by atoms with E-state index in [4.69, 9.17) is 5.73 Å². The summed E-state index contributed by atoms with van der Waals surface area (Å²) in [5.41, 5.74) is 4.91. The largest absolute Gasteiger partial charge is 0.416 e. The average molecular weight is 465 g/mol. The number of halogens is 3. The molecule has 0 radical (unpaired) electrons. The van der Waals surface area contributed by atoms with Gasteiger partial charge >= 0.3 is 6.18 Å². The highest BCUT2D eigenvalue weighted by molar-refractivity contribution is 5.95. The number of aromatic nitrogens is 3. The van der Waals surface area contributed by atoms with Gasteiger partial charge in [-0.15, -0.1) is 0 Å². The summed E-state index contributed by atoms with van der Waals surface area (Å²) in [5, 5.41) is 3.07. The second-order valence-corrected chi connectivity index (χ2v) is 7.35. The smallest absolute Gasteiger partial charge is 0.365 e. The predicted molar refractivity (Wildman–Crippen MR) is 121 cm³/mol. The van der Waals surface area contributed by atoms with Gasteiger partial charge in [0.15, 0.2) is 0 Å². The molecule has 2 heterocycles. The van der Waals surface area contributed by atoms with Crippen LogP contribution >= 0.6 is 0 Å². The average Bonchev–Trinajstić information content (AvgIpc) is 2.83. The number of aromatic amines is 1. The number of amides is 1. The number of primary amides is 1. The molecule has 0 saturated carbocycles. The van der Waals surface area contributed by atoms with Crippen molar-refractivity contribution < 1.29 is 18.0 Å². The van der Waals surface area contributed by atoms with Crippen molar-refractivity contribution >= 4 is 11.9 Å². The summed E-state index contributed by atoms with van der Waals surface area (Å²) in [6.45, 7) is 0.433. The van der Waals surface area contributed by atoms with Gasteiger partial charge in [-0.2, -0.15) is 13.2 Å². The fourth-order valence-corrected chi connectivity index (χ4v) is 3.36. The molecular formula is C24H18F3N5O2. The Labute approximate surface area is 191 Å². The molecule has 0 spiro atoms. The first-order chi connectivity index (χ1) is 16.2. The molecule has 0 saturated heterocycles. The van der Waals surface area contributed by atoms with Crippen LogP contribution in [0.25, 0.3) is 22.5 Å². The van der Waals surface area contributed by atoms with Crippen LogP contribution in [0.5, 0.6) is 0 Å². The van der Waals surface area contributed by atoms with Gasteiger partial charge in [0.05, 0.1) is 17.0 Å². The van der Waals surface area contributed by atoms with Crippen LogP contribution in [0.1, 0.15) is 21.5 Å². The fraction of sp³-hybridized carbons (Fsp3) is 0.0833. The zero-order valence-electron chi connectivity index (χ0n) is 17.6. The summed E-state index contributed by atoms with van der Waals surface area (Å²) < 4.78 is 39.8. The first-order valence-corrected chi connectivity index (χ1v) is 10.1. The van der Waals surface area contributed by atoms with Crippen LogP contribution in [-0.4, -0.2) is 20.9 Å². The van der Waals surface area contributed by atoms with Crippen LogP contribution < -0.4 is 16.6 Å². The van der Waals surface area contributed by atoms with E-state index in [1.807, 2.05) is 30.3 Å². The number of alkyl halides is 3. The Bertz CT molecular complexity index is 1400.